The van der Waals surface area contributed by atoms with E-state index in [1.165, 1.54) is 15.8 Å². The predicted octanol–water partition coefficient (Wildman–Crippen LogP) is 3.02. The fraction of sp³-hybridized carbons (Fsp3) is 0.385. The number of fused-ring (bicyclic) bond motifs is 1. The zero-order chi connectivity index (χ0) is 15.0. The number of alkyl halides is 2. The van der Waals surface area contributed by atoms with Gasteiger partial charge in [0.1, 0.15) is 0 Å². The highest BCUT2D eigenvalue weighted by molar-refractivity contribution is 6.18. The molecule has 1 amide bonds. The molecule has 0 atom stereocenters. The van der Waals surface area contributed by atoms with Crippen LogP contribution in [0.5, 0.6) is 0 Å². The number of amides is 1. The first-order chi connectivity index (χ1) is 9.60. The lowest BCUT2D eigenvalue weighted by atomic mass is 10.3. The number of halogens is 2. The van der Waals surface area contributed by atoms with Gasteiger partial charge in [-0.25, -0.2) is 4.79 Å². The molecule has 2 rings (SSSR count). The second-order valence-corrected chi connectivity index (χ2v) is 4.73. The molecule has 0 radical (unpaired) electrons. The van der Waals surface area contributed by atoms with Crippen molar-refractivity contribution in [1.82, 2.24) is 14.7 Å². The molecular formula is C13H17Cl2N3O2. The maximum absolute atomic E-state index is 10.3. The summed E-state index contributed by atoms with van der Waals surface area (Å²) in [6, 6.07) is 8.15. The van der Waals surface area contributed by atoms with Crippen molar-refractivity contribution in [3.05, 3.63) is 30.5 Å². The van der Waals surface area contributed by atoms with Crippen molar-refractivity contribution in [2.75, 3.05) is 24.8 Å². The van der Waals surface area contributed by atoms with Crippen molar-refractivity contribution in [3.63, 3.8) is 0 Å². The lowest BCUT2D eigenvalue weighted by molar-refractivity contribution is 0.151. The van der Waals surface area contributed by atoms with Crippen molar-refractivity contribution in [3.8, 4) is 0 Å². The topological polar surface area (TPSA) is 58.4 Å². The van der Waals surface area contributed by atoms with E-state index in [2.05, 4.69) is 17.2 Å². The molecule has 20 heavy (non-hydrogen) atoms. The summed E-state index contributed by atoms with van der Waals surface area (Å²) >= 11 is 10.7. The van der Waals surface area contributed by atoms with Crippen LogP contribution < -0.4 is 0 Å². The molecule has 0 unspecified atom stereocenters. The van der Waals surface area contributed by atoms with E-state index < -0.39 is 6.09 Å². The summed E-state index contributed by atoms with van der Waals surface area (Å²) in [4.78, 5) is 11.5. The Labute approximate surface area is 127 Å². The van der Waals surface area contributed by atoms with Gasteiger partial charge in [-0.2, -0.15) is 5.10 Å². The third-order valence-corrected chi connectivity index (χ3v) is 2.97. The molecule has 1 aromatic carbocycles. The number of carboxylic acid groups (broad SMARTS) is 1. The van der Waals surface area contributed by atoms with Gasteiger partial charge in [-0.1, -0.05) is 18.2 Å². The molecule has 0 aliphatic heterocycles. The molecule has 110 valence electrons. The predicted molar refractivity (Wildman–Crippen MR) is 81.8 cm³/mol. The molecular weight excluding hydrogens is 301 g/mol. The Kier molecular flexibility index (Phi) is 7.18. The number of benzene rings is 1. The molecule has 1 heterocycles. The van der Waals surface area contributed by atoms with Gasteiger partial charge >= 0.3 is 6.09 Å². The Bertz CT molecular complexity index is 539. The minimum atomic E-state index is -0.971. The maximum Gasteiger partial charge on any atom is 0.407 e. The number of nitrogens with zero attached hydrogens (tertiary/aromatic N) is 3. The lowest BCUT2D eigenvalue weighted by Gasteiger charge is -2.15. The van der Waals surface area contributed by atoms with Gasteiger partial charge in [0, 0.05) is 37.3 Å². The minimum absolute atomic E-state index is 0.309. The summed E-state index contributed by atoms with van der Waals surface area (Å²) in [5.74, 6) is 0.617. The minimum Gasteiger partial charge on any atom is -0.465 e. The van der Waals surface area contributed by atoms with Crippen LogP contribution >= 0.6 is 23.2 Å². The molecule has 0 aliphatic rings. The van der Waals surface area contributed by atoms with Gasteiger partial charge in [0.15, 0.2) is 0 Å². The van der Waals surface area contributed by atoms with E-state index in [-0.39, 0.29) is 0 Å². The third kappa shape index (κ3) is 4.90. The Morgan fingerprint density at radius 1 is 1.30 bits per heavy atom. The molecule has 0 saturated heterocycles. The van der Waals surface area contributed by atoms with Gasteiger partial charge in [0.25, 0.3) is 0 Å². The zero-order valence-electron chi connectivity index (χ0n) is 11.2. The number of hydrogen-bond acceptors (Lipinski definition) is 2. The van der Waals surface area contributed by atoms with E-state index in [0.717, 1.165) is 0 Å². The Hall–Kier alpha value is -1.46. The monoisotopic (exact) mass is 317 g/mol. The van der Waals surface area contributed by atoms with Crippen LogP contribution in [0.25, 0.3) is 10.9 Å². The summed E-state index contributed by atoms with van der Waals surface area (Å²) in [7, 11) is 1.95. The highest BCUT2D eigenvalue weighted by atomic mass is 35.5. The van der Waals surface area contributed by atoms with Crippen molar-refractivity contribution in [2.24, 2.45) is 7.05 Å². The molecule has 1 N–H and O–H groups in total. The maximum atomic E-state index is 10.3. The van der Waals surface area contributed by atoms with Gasteiger partial charge in [-0.05, 0) is 6.07 Å². The summed E-state index contributed by atoms with van der Waals surface area (Å²) in [6.07, 6.45) is 0.899. The van der Waals surface area contributed by atoms with Crippen molar-refractivity contribution < 1.29 is 9.90 Å². The number of rotatable bonds is 4. The van der Waals surface area contributed by atoms with Gasteiger partial charge in [-0.15, -0.1) is 23.2 Å². The largest absolute Gasteiger partial charge is 0.465 e. The SMILES string of the molecule is Cn1ncc2ccccc21.O=C(O)N(CCCl)CCCl. The van der Waals surface area contributed by atoms with Crippen LogP contribution in [-0.2, 0) is 7.05 Å². The van der Waals surface area contributed by atoms with Crippen molar-refractivity contribution in [1.29, 1.82) is 0 Å². The number of carbonyl (C=O) groups is 1. The van der Waals surface area contributed by atoms with Crippen molar-refractivity contribution in [2.45, 2.75) is 0 Å². The van der Waals surface area contributed by atoms with Gasteiger partial charge in [0.05, 0.1) is 11.7 Å². The van der Waals surface area contributed by atoms with E-state index in [9.17, 15) is 4.79 Å². The van der Waals surface area contributed by atoms with E-state index in [0.29, 0.717) is 24.8 Å². The smallest absolute Gasteiger partial charge is 0.407 e. The summed E-state index contributed by atoms with van der Waals surface area (Å²) < 4.78 is 1.87. The molecule has 0 spiro atoms. The standard InChI is InChI=1S/C8H8N2.C5H9Cl2NO2/c1-10-8-5-3-2-4-7(8)6-9-10;6-1-3-8(4-2-7)5(9)10/h2-6H,1H3;1-4H2,(H,9,10). The van der Waals surface area contributed by atoms with Crippen LogP contribution in [0.3, 0.4) is 0 Å². The van der Waals surface area contributed by atoms with Crippen LogP contribution in [0.1, 0.15) is 0 Å². The Morgan fingerprint density at radius 3 is 2.40 bits per heavy atom. The molecule has 7 heteroatoms. The molecule has 0 saturated carbocycles. The zero-order valence-corrected chi connectivity index (χ0v) is 12.7. The fourth-order valence-corrected chi connectivity index (χ4v) is 2.02. The highest BCUT2D eigenvalue weighted by Gasteiger charge is 2.08. The summed E-state index contributed by atoms with van der Waals surface area (Å²) in [5, 5.41) is 13.8. The first-order valence-electron chi connectivity index (χ1n) is 6.06. The Morgan fingerprint density at radius 2 is 1.90 bits per heavy atom. The van der Waals surface area contributed by atoms with Gasteiger partial charge < -0.3 is 10.0 Å². The van der Waals surface area contributed by atoms with Crippen molar-refractivity contribution >= 4 is 40.2 Å². The van der Waals surface area contributed by atoms with Crippen LogP contribution in [0.15, 0.2) is 30.5 Å². The first kappa shape index (κ1) is 16.6. The fourth-order valence-electron chi connectivity index (χ4n) is 1.61. The normalized spacial score (nSPS) is 9.95. The average Bonchev–Trinajstić information content (AvgIpc) is 2.81. The van der Waals surface area contributed by atoms with Crippen LogP contribution in [0, 0.1) is 0 Å². The number of aryl methyl sites for hydroxylation is 1. The quantitative estimate of drug-likeness (QED) is 0.882. The van der Waals surface area contributed by atoms with E-state index >= 15 is 0 Å². The lowest BCUT2D eigenvalue weighted by Crippen LogP contribution is -2.32. The summed E-state index contributed by atoms with van der Waals surface area (Å²) in [5.41, 5.74) is 1.18. The molecule has 2 aromatic rings. The van der Waals surface area contributed by atoms with Gasteiger partial charge in [-0.3, -0.25) is 4.68 Å². The summed E-state index contributed by atoms with van der Waals surface area (Å²) in [6.45, 7) is 0.674. The molecule has 5 nitrogen and oxygen atoms in total. The molecule has 0 bridgehead atoms. The van der Waals surface area contributed by atoms with Crippen LogP contribution in [-0.4, -0.2) is 50.7 Å². The molecule has 1 aromatic heterocycles. The number of aromatic nitrogens is 2. The molecule has 0 aliphatic carbocycles. The van der Waals surface area contributed by atoms with E-state index in [4.69, 9.17) is 28.3 Å². The highest BCUT2D eigenvalue weighted by Crippen LogP contribution is 2.10. The second kappa shape index (κ2) is 8.66. The molecule has 0 fully saturated rings. The van der Waals surface area contributed by atoms with Gasteiger partial charge in [0.2, 0.25) is 0 Å². The van der Waals surface area contributed by atoms with Crippen LogP contribution in [0.2, 0.25) is 0 Å². The third-order valence-electron chi connectivity index (χ3n) is 2.63. The second-order valence-electron chi connectivity index (χ2n) is 3.97. The Balaban J connectivity index is 0.000000200. The van der Waals surface area contributed by atoms with Crippen LogP contribution in [0.4, 0.5) is 4.79 Å². The first-order valence-corrected chi connectivity index (χ1v) is 7.13. The van der Waals surface area contributed by atoms with E-state index in [1.54, 1.807) is 0 Å². The number of hydrogen-bond donors (Lipinski definition) is 1. The average molecular weight is 318 g/mol. The number of para-hydroxylation sites is 1. The van der Waals surface area contributed by atoms with E-state index in [1.807, 2.05) is 30.1 Å².